The number of carbonyl (C=O) groups excluding carboxylic acids is 1. The number of fused-ring (bicyclic) bond motifs is 2. The number of carbonyl (C=O) groups is 1. The van der Waals surface area contributed by atoms with Gasteiger partial charge in [0, 0.05) is 43.4 Å². The van der Waals surface area contributed by atoms with Crippen molar-refractivity contribution in [2.45, 2.75) is 32.4 Å². The van der Waals surface area contributed by atoms with Crippen molar-refractivity contribution in [3.63, 3.8) is 0 Å². The monoisotopic (exact) mass is 528 g/mol. The SMILES string of the molecule is Cc1cn(-c2ccc(C=C3CC4(CCNC4=O)CN4C3=NOC4(C)c3ccc(F)cc3)c3cnsc23)cn1. The van der Waals surface area contributed by atoms with Gasteiger partial charge in [0.05, 0.1) is 27.8 Å². The summed E-state index contributed by atoms with van der Waals surface area (Å²) in [4.78, 5) is 25.7. The smallest absolute Gasteiger partial charge is 0.234 e. The molecule has 2 aromatic heterocycles. The normalized spacial score (nSPS) is 25.7. The average Bonchev–Trinajstić information content (AvgIpc) is 3.69. The predicted octanol–water partition coefficient (Wildman–Crippen LogP) is 4.74. The topological polar surface area (TPSA) is 84.6 Å². The average molecular weight is 529 g/mol. The number of benzene rings is 2. The van der Waals surface area contributed by atoms with Crippen LogP contribution < -0.4 is 5.32 Å². The van der Waals surface area contributed by atoms with Gasteiger partial charge in [-0.3, -0.25) is 4.79 Å². The van der Waals surface area contributed by atoms with Gasteiger partial charge >= 0.3 is 0 Å². The van der Waals surface area contributed by atoms with Gasteiger partial charge in [0.1, 0.15) is 5.82 Å². The highest BCUT2D eigenvalue weighted by Gasteiger charge is 2.56. The lowest BCUT2D eigenvalue weighted by molar-refractivity contribution is -0.134. The fraction of sp³-hybridized carbons (Fsp3) is 0.286. The molecule has 1 N–H and O–H groups in total. The Balaban J connectivity index is 1.34. The van der Waals surface area contributed by atoms with Crippen molar-refractivity contribution >= 4 is 39.4 Å². The minimum atomic E-state index is -0.958. The summed E-state index contributed by atoms with van der Waals surface area (Å²) in [5.41, 5.74) is 3.11. The Hall–Kier alpha value is -4.05. The fourth-order valence-electron chi connectivity index (χ4n) is 5.85. The minimum absolute atomic E-state index is 0.0454. The largest absolute Gasteiger partial charge is 0.360 e. The van der Waals surface area contributed by atoms with E-state index in [4.69, 9.17) is 4.84 Å². The first-order valence-electron chi connectivity index (χ1n) is 12.5. The zero-order chi connectivity index (χ0) is 26.1. The molecular weight excluding hydrogens is 503 g/mol. The van der Waals surface area contributed by atoms with E-state index in [0.29, 0.717) is 25.3 Å². The van der Waals surface area contributed by atoms with Crippen molar-refractivity contribution in [3.05, 3.63) is 83.3 Å². The van der Waals surface area contributed by atoms with Gasteiger partial charge in [0.15, 0.2) is 5.84 Å². The lowest BCUT2D eigenvalue weighted by Gasteiger charge is -2.44. The van der Waals surface area contributed by atoms with E-state index in [1.807, 2.05) is 37.1 Å². The maximum atomic E-state index is 13.7. The quantitative estimate of drug-likeness (QED) is 0.415. The van der Waals surface area contributed by atoms with E-state index in [2.05, 4.69) is 42.9 Å². The second-order valence-corrected chi connectivity index (χ2v) is 11.2. The van der Waals surface area contributed by atoms with Crippen molar-refractivity contribution in [2.24, 2.45) is 10.6 Å². The van der Waals surface area contributed by atoms with Crippen LogP contribution in [-0.2, 0) is 15.4 Å². The van der Waals surface area contributed by atoms with Gasteiger partial charge in [-0.15, -0.1) is 0 Å². The molecule has 4 aromatic rings. The molecule has 192 valence electrons. The number of hydrogen-bond donors (Lipinski definition) is 1. The van der Waals surface area contributed by atoms with Crippen LogP contribution in [0, 0.1) is 18.2 Å². The molecule has 2 saturated heterocycles. The number of amidine groups is 1. The Labute approximate surface area is 222 Å². The van der Waals surface area contributed by atoms with Crippen molar-refractivity contribution in [3.8, 4) is 5.69 Å². The van der Waals surface area contributed by atoms with E-state index in [1.165, 1.54) is 23.7 Å². The summed E-state index contributed by atoms with van der Waals surface area (Å²) in [5.74, 6) is 0.432. The van der Waals surface area contributed by atoms with Crippen LogP contribution in [0.5, 0.6) is 0 Å². The number of aryl methyl sites for hydroxylation is 1. The van der Waals surface area contributed by atoms with Crippen LogP contribution in [0.25, 0.3) is 21.8 Å². The Morgan fingerprint density at radius 2 is 2.05 bits per heavy atom. The van der Waals surface area contributed by atoms with Crippen LogP contribution in [0.4, 0.5) is 4.39 Å². The first-order valence-corrected chi connectivity index (χ1v) is 13.3. The number of imidazole rings is 1. The molecule has 2 atom stereocenters. The molecule has 10 heteroatoms. The van der Waals surface area contributed by atoms with E-state index < -0.39 is 11.1 Å². The number of nitrogens with zero attached hydrogens (tertiary/aromatic N) is 5. The molecule has 0 bridgehead atoms. The van der Waals surface area contributed by atoms with E-state index in [1.54, 1.807) is 12.1 Å². The summed E-state index contributed by atoms with van der Waals surface area (Å²) >= 11 is 1.44. The zero-order valence-corrected chi connectivity index (χ0v) is 21.8. The van der Waals surface area contributed by atoms with Gasteiger partial charge in [-0.2, -0.15) is 4.37 Å². The Kier molecular flexibility index (Phi) is 5.00. The van der Waals surface area contributed by atoms with E-state index >= 15 is 0 Å². The summed E-state index contributed by atoms with van der Waals surface area (Å²) in [6.07, 6.45) is 9.07. The molecule has 2 fully saturated rings. The number of amides is 1. The van der Waals surface area contributed by atoms with Crippen LogP contribution in [0.2, 0.25) is 0 Å². The number of oxime groups is 1. The molecule has 1 spiro atoms. The van der Waals surface area contributed by atoms with E-state index in [0.717, 1.165) is 44.6 Å². The summed E-state index contributed by atoms with van der Waals surface area (Å²) in [6, 6.07) is 10.4. The maximum absolute atomic E-state index is 13.7. The van der Waals surface area contributed by atoms with Gasteiger partial charge in [-0.25, -0.2) is 9.37 Å². The highest BCUT2D eigenvalue weighted by atomic mass is 32.1. The molecule has 5 heterocycles. The highest BCUT2D eigenvalue weighted by molar-refractivity contribution is 7.13. The minimum Gasteiger partial charge on any atom is -0.360 e. The lowest BCUT2D eigenvalue weighted by atomic mass is 9.74. The molecule has 38 heavy (non-hydrogen) atoms. The van der Waals surface area contributed by atoms with Crippen molar-refractivity contribution < 1.29 is 14.0 Å². The lowest BCUT2D eigenvalue weighted by Crippen LogP contribution is -2.55. The summed E-state index contributed by atoms with van der Waals surface area (Å²) < 4.78 is 21.3. The van der Waals surface area contributed by atoms with E-state index in [9.17, 15) is 9.18 Å². The summed E-state index contributed by atoms with van der Waals surface area (Å²) in [6.45, 7) is 4.99. The maximum Gasteiger partial charge on any atom is 0.234 e. The molecule has 2 unspecified atom stereocenters. The Morgan fingerprint density at radius 3 is 2.79 bits per heavy atom. The molecule has 0 radical (unpaired) electrons. The number of rotatable bonds is 3. The number of nitrogens with one attached hydrogen (secondary N) is 1. The molecular formula is C28H25FN6O2S. The van der Waals surface area contributed by atoms with Gasteiger partial charge in [-0.05, 0) is 66.7 Å². The standard InChI is InChI=1S/C28H25FN6O2S/c1-17-14-34(16-31-17)23-8-3-18(22-13-32-38-24(22)23)11-19-12-28(9-10-30-26(28)36)15-35-25(19)33-37-27(35,2)20-4-6-21(29)7-5-20/h3-8,11,13-14,16H,9-10,12,15H2,1-2H3,(H,30,36). The van der Waals surface area contributed by atoms with Crippen LogP contribution in [-0.4, -0.2) is 43.7 Å². The van der Waals surface area contributed by atoms with Crippen LogP contribution in [0.1, 0.15) is 36.6 Å². The van der Waals surface area contributed by atoms with Crippen LogP contribution in [0.15, 0.2) is 65.8 Å². The molecule has 0 aliphatic carbocycles. The molecule has 2 aromatic carbocycles. The van der Waals surface area contributed by atoms with Crippen molar-refractivity contribution in [1.29, 1.82) is 0 Å². The first kappa shape index (κ1) is 23.1. The van der Waals surface area contributed by atoms with Gasteiger partial charge in [0.25, 0.3) is 0 Å². The summed E-state index contributed by atoms with van der Waals surface area (Å²) in [5, 5.41) is 8.58. The van der Waals surface area contributed by atoms with Gasteiger partial charge < -0.3 is 19.6 Å². The first-order chi connectivity index (χ1) is 18.4. The molecule has 3 aliphatic heterocycles. The van der Waals surface area contributed by atoms with Crippen LogP contribution >= 0.6 is 11.5 Å². The summed E-state index contributed by atoms with van der Waals surface area (Å²) in [7, 11) is 0. The van der Waals surface area contributed by atoms with Gasteiger partial charge in [-0.1, -0.05) is 23.4 Å². The Morgan fingerprint density at radius 1 is 1.21 bits per heavy atom. The third kappa shape index (κ3) is 3.39. The Bertz CT molecular complexity index is 1660. The van der Waals surface area contributed by atoms with Gasteiger partial charge in [0.2, 0.25) is 11.6 Å². The molecule has 8 nitrogen and oxygen atoms in total. The molecule has 7 rings (SSSR count). The van der Waals surface area contributed by atoms with Crippen molar-refractivity contribution in [2.75, 3.05) is 13.1 Å². The highest BCUT2D eigenvalue weighted by Crippen LogP contribution is 2.48. The van der Waals surface area contributed by atoms with Crippen molar-refractivity contribution in [1.82, 2.24) is 24.1 Å². The molecule has 3 aliphatic rings. The fourth-order valence-corrected chi connectivity index (χ4v) is 6.65. The number of aromatic nitrogens is 3. The van der Waals surface area contributed by atoms with E-state index in [-0.39, 0.29) is 11.7 Å². The second kappa shape index (κ2) is 8.22. The number of hydrogen-bond acceptors (Lipinski definition) is 7. The third-order valence-corrected chi connectivity index (χ3v) is 8.78. The third-order valence-electron chi connectivity index (χ3n) is 7.96. The number of piperidine rings is 1. The number of halogens is 1. The predicted molar refractivity (Wildman–Crippen MR) is 143 cm³/mol. The second-order valence-electron chi connectivity index (χ2n) is 10.4. The molecule has 1 amide bonds. The zero-order valence-electron chi connectivity index (χ0n) is 20.9. The van der Waals surface area contributed by atoms with Crippen LogP contribution in [0.3, 0.4) is 0 Å². The molecule has 0 saturated carbocycles.